The van der Waals surface area contributed by atoms with Crippen LogP contribution in [0.1, 0.15) is 25.1 Å². The van der Waals surface area contributed by atoms with Gasteiger partial charge in [0.15, 0.2) is 0 Å². The highest BCUT2D eigenvalue weighted by atomic mass is 32.1. The average Bonchev–Trinajstić information content (AvgIpc) is 2.79. The Balaban J connectivity index is 2.84. The molecule has 1 aromatic rings. The van der Waals surface area contributed by atoms with Gasteiger partial charge < -0.3 is 10.4 Å². The van der Waals surface area contributed by atoms with Gasteiger partial charge in [0, 0.05) is 4.88 Å². The zero-order valence-electron chi connectivity index (χ0n) is 10.8. The van der Waals surface area contributed by atoms with Crippen LogP contribution < -0.4 is 5.32 Å². The molecule has 0 aliphatic rings. The summed E-state index contributed by atoms with van der Waals surface area (Å²) in [7, 11) is 0. The van der Waals surface area contributed by atoms with Crippen LogP contribution in [-0.2, 0) is 15.0 Å². The summed E-state index contributed by atoms with van der Waals surface area (Å²) in [5.41, 5.74) is -1.09. The van der Waals surface area contributed by atoms with Crippen molar-refractivity contribution in [2.45, 2.75) is 37.9 Å². The highest BCUT2D eigenvalue weighted by Gasteiger charge is 2.39. The number of carboxylic acid groups (broad SMARTS) is 1. The van der Waals surface area contributed by atoms with Crippen LogP contribution in [0.25, 0.3) is 0 Å². The van der Waals surface area contributed by atoms with Gasteiger partial charge in [0.1, 0.15) is 6.04 Å². The van der Waals surface area contributed by atoms with E-state index in [4.69, 9.17) is 5.11 Å². The summed E-state index contributed by atoms with van der Waals surface area (Å²) in [6.07, 6.45) is -6.27. The first-order valence-corrected chi connectivity index (χ1v) is 6.56. The second kappa shape index (κ2) is 5.82. The molecule has 1 aromatic heterocycles. The van der Waals surface area contributed by atoms with Crippen LogP contribution in [-0.4, -0.2) is 29.2 Å². The number of nitrogens with one attached hydrogen (secondary N) is 1. The van der Waals surface area contributed by atoms with Gasteiger partial charge in [-0.25, -0.2) is 4.79 Å². The zero-order valence-corrected chi connectivity index (χ0v) is 11.6. The second-order valence-corrected chi connectivity index (χ2v) is 5.73. The molecule has 0 bridgehead atoms. The van der Waals surface area contributed by atoms with E-state index in [9.17, 15) is 22.8 Å². The molecule has 0 aliphatic heterocycles. The maximum absolute atomic E-state index is 12.3. The zero-order chi connectivity index (χ0) is 15.6. The predicted molar refractivity (Wildman–Crippen MR) is 67.6 cm³/mol. The molecule has 1 amide bonds. The first kappa shape index (κ1) is 16.5. The third-order valence-electron chi connectivity index (χ3n) is 2.74. The summed E-state index contributed by atoms with van der Waals surface area (Å²) in [6.45, 7) is 3.06. The SMILES string of the molecule is CC(C)(C(=O)NC(CC(F)(F)F)C(=O)O)c1cccs1. The van der Waals surface area contributed by atoms with Gasteiger partial charge in [0.05, 0.1) is 11.8 Å². The Bertz CT molecular complexity index is 483. The molecule has 8 heteroatoms. The first-order valence-electron chi connectivity index (χ1n) is 5.68. The van der Waals surface area contributed by atoms with E-state index in [1.54, 1.807) is 17.5 Å². The van der Waals surface area contributed by atoms with Gasteiger partial charge in [0.2, 0.25) is 5.91 Å². The summed E-state index contributed by atoms with van der Waals surface area (Å²) >= 11 is 1.28. The number of hydrogen-bond acceptors (Lipinski definition) is 3. The number of carboxylic acids is 1. The number of rotatable bonds is 5. The molecular formula is C12H14F3NO3S. The van der Waals surface area contributed by atoms with Crippen molar-refractivity contribution < 1.29 is 27.9 Å². The molecule has 1 heterocycles. The van der Waals surface area contributed by atoms with E-state index in [1.807, 2.05) is 5.32 Å². The Labute approximate surface area is 117 Å². The van der Waals surface area contributed by atoms with Crippen molar-refractivity contribution in [1.29, 1.82) is 0 Å². The Morgan fingerprint density at radius 3 is 2.40 bits per heavy atom. The van der Waals surface area contributed by atoms with Gasteiger partial charge in [-0.3, -0.25) is 4.79 Å². The summed E-state index contributed by atoms with van der Waals surface area (Å²) in [5.74, 6) is -2.46. The fraction of sp³-hybridized carbons (Fsp3) is 0.500. The van der Waals surface area contributed by atoms with E-state index in [1.165, 1.54) is 25.2 Å². The van der Waals surface area contributed by atoms with Gasteiger partial charge in [-0.05, 0) is 25.3 Å². The van der Waals surface area contributed by atoms with Crippen molar-refractivity contribution in [3.05, 3.63) is 22.4 Å². The lowest BCUT2D eigenvalue weighted by molar-refractivity contribution is -0.160. The topological polar surface area (TPSA) is 66.4 Å². The number of thiophene rings is 1. The summed E-state index contributed by atoms with van der Waals surface area (Å²) in [5, 5.41) is 12.5. The average molecular weight is 309 g/mol. The smallest absolute Gasteiger partial charge is 0.391 e. The maximum Gasteiger partial charge on any atom is 0.391 e. The van der Waals surface area contributed by atoms with Gasteiger partial charge in [-0.1, -0.05) is 6.07 Å². The van der Waals surface area contributed by atoms with Crippen LogP contribution in [0.4, 0.5) is 13.2 Å². The molecule has 0 saturated heterocycles. The Morgan fingerprint density at radius 2 is 2.00 bits per heavy atom. The number of aliphatic carboxylic acids is 1. The molecule has 0 radical (unpaired) electrons. The monoisotopic (exact) mass is 309 g/mol. The summed E-state index contributed by atoms with van der Waals surface area (Å²) in [6, 6.07) is 1.39. The normalized spacial score (nSPS) is 13.8. The standard InChI is InChI=1S/C12H14F3NO3S/c1-11(2,8-4-3-5-20-8)10(19)16-7(9(17)18)6-12(13,14)15/h3-5,7H,6H2,1-2H3,(H,16,19)(H,17,18). The molecule has 1 atom stereocenters. The highest BCUT2D eigenvalue weighted by Crippen LogP contribution is 2.28. The predicted octanol–water partition coefficient (Wildman–Crippen LogP) is 2.55. The molecule has 0 spiro atoms. The van der Waals surface area contributed by atoms with Crippen molar-refractivity contribution in [1.82, 2.24) is 5.32 Å². The van der Waals surface area contributed by atoms with Crippen molar-refractivity contribution in [2.75, 3.05) is 0 Å². The third-order valence-corrected chi connectivity index (χ3v) is 3.94. The summed E-state index contributed by atoms with van der Waals surface area (Å²) in [4.78, 5) is 23.5. The molecular weight excluding hydrogens is 295 g/mol. The van der Waals surface area contributed by atoms with Crippen LogP contribution in [0, 0.1) is 0 Å². The molecule has 20 heavy (non-hydrogen) atoms. The lowest BCUT2D eigenvalue weighted by atomic mass is 9.90. The van der Waals surface area contributed by atoms with Crippen molar-refractivity contribution in [2.24, 2.45) is 0 Å². The van der Waals surface area contributed by atoms with Crippen LogP contribution in [0.5, 0.6) is 0 Å². The number of carbonyl (C=O) groups excluding carboxylic acids is 1. The number of hydrogen-bond donors (Lipinski definition) is 2. The fourth-order valence-corrected chi connectivity index (χ4v) is 2.36. The second-order valence-electron chi connectivity index (χ2n) is 4.79. The van der Waals surface area contributed by atoms with Gasteiger partial charge in [0.25, 0.3) is 0 Å². The third kappa shape index (κ3) is 4.22. The Morgan fingerprint density at radius 1 is 1.40 bits per heavy atom. The molecule has 0 fully saturated rings. The number of amides is 1. The van der Waals surface area contributed by atoms with Gasteiger partial charge in [-0.15, -0.1) is 11.3 Å². The van der Waals surface area contributed by atoms with Crippen LogP contribution >= 0.6 is 11.3 Å². The van der Waals surface area contributed by atoms with E-state index in [0.717, 1.165) is 0 Å². The van der Waals surface area contributed by atoms with Crippen LogP contribution in [0.2, 0.25) is 0 Å². The van der Waals surface area contributed by atoms with Crippen LogP contribution in [0.3, 0.4) is 0 Å². The van der Waals surface area contributed by atoms with Gasteiger partial charge >= 0.3 is 12.1 Å². The lowest BCUT2D eigenvalue weighted by Crippen LogP contribution is -2.49. The number of carbonyl (C=O) groups is 2. The highest BCUT2D eigenvalue weighted by molar-refractivity contribution is 7.10. The minimum absolute atomic E-state index is 0.645. The minimum atomic E-state index is -4.66. The molecule has 0 aromatic carbocycles. The van der Waals surface area contributed by atoms with E-state index in [2.05, 4.69) is 0 Å². The Hall–Kier alpha value is -1.57. The molecule has 1 unspecified atom stereocenters. The van der Waals surface area contributed by atoms with Crippen LogP contribution in [0.15, 0.2) is 17.5 Å². The lowest BCUT2D eigenvalue weighted by Gasteiger charge is -2.25. The van der Waals surface area contributed by atoms with Crippen molar-refractivity contribution >= 4 is 23.2 Å². The summed E-state index contributed by atoms with van der Waals surface area (Å²) < 4.78 is 36.8. The molecule has 0 saturated carbocycles. The molecule has 1 rings (SSSR count). The van der Waals surface area contributed by atoms with Crippen molar-refractivity contribution in [3.63, 3.8) is 0 Å². The van der Waals surface area contributed by atoms with Gasteiger partial charge in [-0.2, -0.15) is 13.2 Å². The quantitative estimate of drug-likeness (QED) is 0.878. The fourth-order valence-electron chi connectivity index (χ4n) is 1.52. The molecule has 2 N–H and O–H groups in total. The molecule has 0 aliphatic carbocycles. The number of halogens is 3. The molecule has 4 nitrogen and oxygen atoms in total. The number of alkyl halides is 3. The van der Waals surface area contributed by atoms with Crippen molar-refractivity contribution in [3.8, 4) is 0 Å². The largest absolute Gasteiger partial charge is 0.480 e. The Kier molecular flexibility index (Phi) is 4.80. The minimum Gasteiger partial charge on any atom is -0.480 e. The molecule has 112 valence electrons. The maximum atomic E-state index is 12.3. The van der Waals surface area contributed by atoms with E-state index < -0.39 is 35.9 Å². The first-order chi connectivity index (χ1) is 9.04. The van der Waals surface area contributed by atoms with E-state index in [0.29, 0.717) is 4.88 Å². The van der Waals surface area contributed by atoms with E-state index >= 15 is 0 Å². The van der Waals surface area contributed by atoms with E-state index in [-0.39, 0.29) is 0 Å².